The third-order valence-electron chi connectivity index (χ3n) is 2.07. The molecule has 0 spiro atoms. The zero-order valence-electron chi connectivity index (χ0n) is 8.69. The minimum Gasteiger partial charge on any atom is -0.478 e. The van der Waals surface area contributed by atoms with Crippen molar-refractivity contribution in [3.05, 3.63) is 30.1 Å². The molecule has 76 valence electrons. The largest absolute Gasteiger partial charge is 0.478 e. The van der Waals surface area contributed by atoms with Gasteiger partial charge >= 0.3 is 5.97 Å². The zero-order chi connectivity index (χ0) is 10.7. The van der Waals surface area contributed by atoms with E-state index in [-0.39, 0.29) is 5.92 Å². The first-order chi connectivity index (χ1) is 6.50. The van der Waals surface area contributed by atoms with Crippen LogP contribution in [-0.4, -0.2) is 15.6 Å². The summed E-state index contributed by atoms with van der Waals surface area (Å²) in [6, 6.07) is 1.93. The second-order valence-corrected chi connectivity index (χ2v) is 3.66. The van der Waals surface area contributed by atoms with Gasteiger partial charge in [0.15, 0.2) is 0 Å². The van der Waals surface area contributed by atoms with Gasteiger partial charge in [-0.25, -0.2) is 4.79 Å². The van der Waals surface area contributed by atoms with E-state index in [9.17, 15) is 4.79 Å². The van der Waals surface area contributed by atoms with E-state index in [1.807, 2.05) is 43.9 Å². The molecule has 0 aliphatic carbocycles. The molecule has 0 saturated carbocycles. The van der Waals surface area contributed by atoms with Gasteiger partial charge in [-0.05, 0) is 23.1 Å². The van der Waals surface area contributed by atoms with Gasteiger partial charge in [-0.3, -0.25) is 0 Å². The Hall–Kier alpha value is -1.51. The van der Waals surface area contributed by atoms with Gasteiger partial charge in [-0.2, -0.15) is 0 Å². The van der Waals surface area contributed by atoms with E-state index in [0.717, 1.165) is 11.1 Å². The van der Waals surface area contributed by atoms with Crippen molar-refractivity contribution < 1.29 is 9.90 Å². The maximum Gasteiger partial charge on any atom is 0.328 e. The van der Waals surface area contributed by atoms with Crippen LogP contribution in [0.1, 0.15) is 19.4 Å². The van der Waals surface area contributed by atoms with Crippen molar-refractivity contribution in [3.63, 3.8) is 0 Å². The van der Waals surface area contributed by atoms with Crippen LogP contribution in [0.2, 0.25) is 0 Å². The highest BCUT2D eigenvalue weighted by Gasteiger charge is 2.09. The number of aromatic nitrogens is 1. The topological polar surface area (TPSA) is 42.2 Å². The molecule has 3 heteroatoms. The van der Waals surface area contributed by atoms with E-state index in [1.165, 1.54) is 6.08 Å². The van der Waals surface area contributed by atoms with Gasteiger partial charge in [0.2, 0.25) is 0 Å². The van der Waals surface area contributed by atoms with Crippen LogP contribution < -0.4 is 0 Å². The minimum atomic E-state index is -0.891. The number of carboxylic acid groups (broad SMARTS) is 1. The zero-order valence-corrected chi connectivity index (χ0v) is 8.69. The Kier molecular flexibility index (Phi) is 3.12. The molecule has 0 aliphatic heterocycles. The summed E-state index contributed by atoms with van der Waals surface area (Å²) in [6.07, 6.45) is 5.11. The summed E-state index contributed by atoms with van der Waals surface area (Å²) in [4.78, 5) is 10.6. The maximum atomic E-state index is 10.6. The number of carbonyl (C=O) groups is 1. The number of aliphatic carboxylic acids is 1. The Morgan fingerprint density at radius 3 is 2.57 bits per heavy atom. The van der Waals surface area contributed by atoms with Gasteiger partial charge in [0.25, 0.3) is 0 Å². The van der Waals surface area contributed by atoms with Crippen molar-refractivity contribution in [1.82, 2.24) is 4.57 Å². The van der Waals surface area contributed by atoms with Gasteiger partial charge in [0.05, 0.1) is 0 Å². The molecule has 0 radical (unpaired) electrons. The number of carboxylic acids is 1. The lowest BCUT2D eigenvalue weighted by atomic mass is 9.97. The van der Waals surface area contributed by atoms with Gasteiger partial charge in [0, 0.05) is 25.5 Å². The summed E-state index contributed by atoms with van der Waals surface area (Å²) in [6.45, 7) is 3.98. The molecule has 0 bridgehead atoms. The predicted molar refractivity (Wildman–Crippen MR) is 55.9 cm³/mol. The second-order valence-electron chi connectivity index (χ2n) is 3.66. The van der Waals surface area contributed by atoms with Crippen LogP contribution >= 0.6 is 0 Å². The van der Waals surface area contributed by atoms with Gasteiger partial charge < -0.3 is 9.67 Å². The third kappa shape index (κ3) is 2.49. The lowest BCUT2D eigenvalue weighted by Crippen LogP contribution is -1.97. The third-order valence-corrected chi connectivity index (χ3v) is 2.07. The second kappa shape index (κ2) is 4.13. The van der Waals surface area contributed by atoms with E-state index >= 15 is 0 Å². The average Bonchev–Trinajstić information content (AvgIpc) is 2.46. The molecule has 1 N–H and O–H groups in total. The number of hydrogen-bond acceptors (Lipinski definition) is 1. The lowest BCUT2D eigenvalue weighted by molar-refractivity contribution is -0.131. The van der Waals surface area contributed by atoms with E-state index in [1.54, 1.807) is 0 Å². The van der Waals surface area contributed by atoms with Crippen molar-refractivity contribution in [2.24, 2.45) is 13.0 Å². The first-order valence-electron chi connectivity index (χ1n) is 4.57. The maximum absolute atomic E-state index is 10.6. The molecule has 0 aromatic carbocycles. The molecule has 0 fully saturated rings. The molecule has 0 amide bonds. The summed E-state index contributed by atoms with van der Waals surface area (Å²) in [7, 11) is 1.92. The average molecular weight is 193 g/mol. The van der Waals surface area contributed by atoms with Crippen LogP contribution in [0.4, 0.5) is 0 Å². The fourth-order valence-corrected chi connectivity index (χ4v) is 1.39. The summed E-state index contributed by atoms with van der Waals surface area (Å²) in [5, 5.41) is 8.72. The molecule has 0 atom stereocenters. The molecule has 0 unspecified atom stereocenters. The minimum absolute atomic E-state index is 0.216. The molecule has 0 saturated heterocycles. The first-order valence-corrected chi connectivity index (χ1v) is 4.57. The SMILES string of the molecule is CC(C)/C(=C\C(=O)O)c1ccn(C)c1. The lowest BCUT2D eigenvalue weighted by Gasteiger charge is -2.08. The Morgan fingerprint density at radius 1 is 1.57 bits per heavy atom. The summed E-state index contributed by atoms with van der Waals surface area (Å²) < 4.78 is 1.91. The molecule has 3 nitrogen and oxygen atoms in total. The summed E-state index contributed by atoms with van der Waals surface area (Å²) in [5.41, 5.74) is 1.84. The van der Waals surface area contributed by atoms with Crippen LogP contribution in [0.15, 0.2) is 24.5 Å². The van der Waals surface area contributed by atoms with Crippen LogP contribution in [0.3, 0.4) is 0 Å². The number of hydrogen-bond donors (Lipinski definition) is 1. The number of rotatable bonds is 3. The van der Waals surface area contributed by atoms with Crippen molar-refractivity contribution in [2.75, 3.05) is 0 Å². The van der Waals surface area contributed by atoms with Gasteiger partial charge in [-0.15, -0.1) is 0 Å². The standard InChI is InChI=1S/C11H15NO2/c1-8(2)10(6-11(13)14)9-4-5-12(3)7-9/h4-8H,1-3H3,(H,13,14)/b10-6+. The van der Waals surface area contributed by atoms with Crippen LogP contribution in [-0.2, 0) is 11.8 Å². The summed E-state index contributed by atoms with van der Waals surface area (Å²) in [5.74, 6) is -0.675. The molecular formula is C11H15NO2. The Morgan fingerprint density at radius 2 is 2.21 bits per heavy atom. The molecule has 1 aromatic rings. The molecule has 1 aromatic heterocycles. The molecule has 0 aliphatic rings. The van der Waals surface area contributed by atoms with Gasteiger partial charge in [0.1, 0.15) is 0 Å². The predicted octanol–water partition coefficient (Wildman–Crippen LogP) is 2.15. The Bertz CT molecular complexity index is 361. The smallest absolute Gasteiger partial charge is 0.328 e. The Balaban J connectivity index is 3.06. The first kappa shape index (κ1) is 10.6. The molecular weight excluding hydrogens is 178 g/mol. The highest BCUT2D eigenvalue weighted by molar-refractivity contribution is 5.90. The molecule has 1 rings (SSSR count). The van der Waals surface area contributed by atoms with Crippen LogP contribution in [0.5, 0.6) is 0 Å². The quantitative estimate of drug-likeness (QED) is 0.747. The van der Waals surface area contributed by atoms with Crippen LogP contribution in [0, 0.1) is 5.92 Å². The van der Waals surface area contributed by atoms with Crippen molar-refractivity contribution in [2.45, 2.75) is 13.8 Å². The normalized spacial score (nSPS) is 12.1. The summed E-state index contributed by atoms with van der Waals surface area (Å²) >= 11 is 0. The monoisotopic (exact) mass is 193 g/mol. The van der Waals surface area contributed by atoms with E-state index in [4.69, 9.17) is 5.11 Å². The van der Waals surface area contributed by atoms with E-state index < -0.39 is 5.97 Å². The fourth-order valence-electron chi connectivity index (χ4n) is 1.39. The molecule has 1 heterocycles. The highest BCUT2D eigenvalue weighted by Crippen LogP contribution is 2.22. The van der Waals surface area contributed by atoms with Crippen molar-refractivity contribution in [1.29, 1.82) is 0 Å². The van der Waals surface area contributed by atoms with Crippen molar-refractivity contribution >= 4 is 11.5 Å². The fraction of sp³-hybridized carbons (Fsp3) is 0.364. The number of allylic oxidation sites excluding steroid dienone is 1. The highest BCUT2D eigenvalue weighted by atomic mass is 16.4. The molecule has 14 heavy (non-hydrogen) atoms. The van der Waals surface area contributed by atoms with Crippen molar-refractivity contribution in [3.8, 4) is 0 Å². The van der Waals surface area contributed by atoms with Gasteiger partial charge in [-0.1, -0.05) is 13.8 Å². The van der Waals surface area contributed by atoms with E-state index in [2.05, 4.69) is 0 Å². The number of nitrogens with zero attached hydrogens (tertiary/aromatic N) is 1. The number of aryl methyl sites for hydroxylation is 1. The van der Waals surface area contributed by atoms with E-state index in [0.29, 0.717) is 0 Å². The van der Waals surface area contributed by atoms with Crippen LogP contribution in [0.25, 0.3) is 5.57 Å². The Labute approximate surface area is 83.7 Å².